The molecule has 0 amide bonds. The first-order valence-corrected chi connectivity index (χ1v) is 6.09. The molecule has 0 spiro atoms. The highest BCUT2D eigenvalue weighted by Gasteiger charge is 2.01. The van der Waals surface area contributed by atoms with Gasteiger partial charge in [0.1, 0.15) is 12.4 Å². The van der Waals surface area contributed by atoms with Crippen LogP contribution in [0.15, 0.2) is 47.2 Å². The molecule has 4 heteroatoms. The van der Waals surface area contributed by atoms with Crippen LogP contribution in [0.1, 0.15) is 11.1 Å². The van der Waals surface area contributed by atoms with Gasteiger partial charge in [-0.15, -0.1) is 0 Å². The summed E-state index contributed by atoms with van der Waals surface area (Å²) in [5.41, 5.74) is 7.73. The van der Waals surface area contributed by atoms with E-state index in [1.54, 1.807) is 12.4 Å². The van der Waals surface area contributed by atoms with E-state index in [0.29, 0.717) is 13.2 Å². The molecule has 0 bridgehead atoms. The molecule has 2 aromatic rings. The Balaban J connectivity index is 2.04. The van der Waals surface area contributed by atoms with Gasteiger partial charge in [0.2, 0.25) is 0 Å². The second-order valence-corrected chi connectivity index (χ2v) is 4.51. The summed E-state index contributed by atoms with van der Waals surface area (Å²) in [7, 11) is 0. The molecule has 0 atom stereocenters. The lowest BCUT2D eigenvalue weighted by Crippen LogP contribution is -2.05. The second kappa shape index (κ2) is 5.80. The Bertz CT molecular complexity index is 485. The van der Waals surface area contributed by atoms with E-state index in [-0.39, 0.29) is 0 Å². The molecular weight excluding hydrogens is 280 g/mol. The molecule has 2 rings (SSSR count). The fourth-order valence-corrected chi connectivity index (χ4v) is 1.74. The summed E-state index contributed by atoms with van der Waals surface area (Å²) in [4.78, 5) is 4.04. The Labute approximate surface area is 109 Å². The average Bonchev–Trinajstić information content (AvgIpc) is 2.38. The van der Waals surface area contributed by atoms with Gasteiger partial charge in [0.05, 0.1) is 0 Å². The van der Waals surface area contributed by atoms with Crippen molar-refractivity contribution in [2.75, 3.05) is 0 Å². The van der Waals surface area contributed by atoms with Crippen molar-refractivity contribution in [2.24, 2.45) is 5.73 Å². The lowest BCUT2D eigenvalue weighted by molar-refractivity contribution is 0.305. The van der Waals surface area contributed by atoms with E-state index >= 15 is 0 Å². The van der Waals surface area contributed by atoms with Crippen LogP contribution in [0, 0.1) is 0 Å². The van der Waals surface area contributed by atoms with E-state index < -0.39 is 0 Å². The number of hydrogen-bond acceptors (Lipinski definition) is 3. The van der Waals surface area contributed by atoms with Crippen molar-refractivity contribution < 1.29 is 4.74 Å². The second-order valence-electron chi connectivity index (χ2n) is 3.59. The van der Waals surface area contributed by atoms with Gasteiger partial charge in [0, 0.05) is 23.4 Å². The van der Waals surface area contributed by atoms with Crippen LogP contribution in [0.2, 0.25) is 0 Å². The monoisotopic (exact) mass is 292 g/mol. The Kier molecular flexibility index (Phi) is 4.12. The maximum Gasteiger partial charge on any atom is 0.119 e. The molecule has 88 valence electrons. The van der Waals surface area contributed by atoms with Crippen LogP contribution in [-0.2, 0) is 13.2 Å². The first kappa shape index (κ1) is 12.1. The molecule has 0 saturated carbocycles. The van der Waals surface area contributed by atoms with Crippen molar-refractivity contribution in [3.05, 3.63) is 58.3 Å². The van der Waals surface area contributed by atoms with Crippen LogP contribution >= 0.6 is 15.9 Å². The first-order chi connectivity index (χ1) is 8.29. The van der Waals surface area contributed by atoms with Crippen LogP contribution in [0.4, 0.5) is 0 Å². The summed E-state index contributed by atoms with van der Waals surface area (Å²) in [6, 6.07) is 9.68. The van der Waals surface area contributed by atoms with E-state index in [0.717, 1.165) is 21.3 Å². The molecular formula is C13H13BrN2O. The quantitative estimate of drug-likeness (QED) is 0.943. The van der Waals surface area contributed by atoms with Crippen LogP contribution in [0.3, 0.4) is 0 Å². The fourth-order valence-electron chi connectivity index (χ4n) is 1.47. The zero-order valence-corrected chi connectivity index (χ0v) is 10.9. The van der Waals surface area contributed by atoms with E-state index in [1.807, 2.05) is 30.3 Å². The van der Waals surface area contributed by atoms with Crippen molar-refractivity contribution in [1.29, 1.82) is 0 Å². The number of halogens is 1. The predicted molar refractivity (Wildman–Crippen MR) is 70.6 cm³/mol. The highest BCUT2D eigenvalue weighted by molar-refractivity contribution is 9.10. The van der Waals surface area contributed by atoms with Crippen LogP contribution in [-0.4, -0.2) is 4.98 Å². The van der Waals surface area contributed by atoms with Gasteiger partial charge in [-0.05, 0) is 41.5 Å². The molecule has 0 radical (unpaired) electrons. The van der Waals surface area contributed by atoms with Gasteiger partial charge in [-0.2, -0.15) is 0 Å². The van der Waals surface area contributed by atoms with Gasteiger partial charge < -0.3 is 10.5 Å². The standard InChI is InChI=1S/C13H13BrN2O/c14-12-1-3-13(4-2-12)17-9-10-5-6-16-8-11(10)7-15/h1-6,8H,7,9,15H2. The van der Waals surface area contributed by atoms with Gasteiger partial charge in [0.25, 0.3) is 0 Å². The highest BCUT2D eigenvalue weighted by Crippen LogP contribution is 2.18. The Morgan fingerprint density at radius 2 is 1.88 bits per heavy atom. The Morgan fingerprint density at radius 3 is 2.59 bits per heavy atom. The molecule has 0 fully saturated rings. The number of ether oxygens (including phenoxy) is 1. The lowest BCUT2D eigenvalue weighted by atomic mass is 10.1. The minimum Gasteiger partial charge on any atom is -0.489 e. The zero-order chi connectivity index (χ0) is 12.1. The smallest absolute Gasteiger partial charge is 0.119 e. The van der Waals surface area contributed by atoms with E-state index in [2.05, 4.69) is 20.9 Å². The van der Waals surface area contributed by atoms with Crippen molar-refractivity contribution in [2.45, 2.75) is 13.2 Å². The van der Waals surface area contributed by atoms with Crippen molar-refractivity contribution in [3.63, 3.8) is 0 Å². The summed E-state index contributed by atoms with van der Waals surface area (Å²) in [6.07, 6.45) is 3.53. The summed E-state index contributed by atoms with van der Waals surface area (Å²) in [6.45, 7) is 0.990. The van der Waals surface area contributed by atoms with Crippen molar-refractivity contribution in [1.82, 2.24) is 4.98 Å². The third-order valence-electron chi connectivity index (χ3n) is 2.43. The highest BCUT2D eigenvalue weighted by atomic mass is 79.9. The van der Waals surface area contributed by atoms with Gasteiger partial charge in [0.15, 0.2) is 0 Å². The average molecular weight is 293 g/mol. The number of nitrogens with zero attached hydrogens (tertiary/aromatic N) is 1. The summed E-state index contributed by atoms with van der Waals surface area (Å²) < 4.78 is 6.72. The molecule has 0 aliphatic heterocycles. The van der Waals surface area contributed by atoms with E-state index in [1.165, 1.54) is 0 Å². The molecule has 3 nitrogen and oxygen atoms in total. The number of nitrogens with two attached hydrogens (primary N) is 1. The Hall–Kier alpha value is -1.39. The number of aromatic nitrogens is 1. The molecule has 17 heavy (non-hydrogen) atoms. The number of rotatable bonds is 4. The maximum absolute atomic E-state index is 5.69. The van der Waals surface area contributed by atoms with Gasteiger partial charge in [-0.3, -0.25) is 4.98 Å². The normalized spacial score (nSPS) is 10.2. The van der Waals surface area contributed by atoms with Crippen LogP contribution < -0.4 is 10.5 Å². The third kappa shape index (κ3) is 3.28. The molecule has 1 heterocycles. The zero-order valence-electron chi connectivity index (χ0n) is 9.27. The third-order valence-corrected chi connectivity index (χ3v) is 2.96. The minimum atomic E-state index is 0.479. The van der Waals surface area contributed by atoms with Gasteiger partial charge >= 0.3 is 0 Å². The van der Waals surface area contributed by atoms with Crippen LogP contribution in [0.5, 0.6) is 5.75 Å². The summed E-state index contributed by atoms with van der Waals surface area (Å²) in [5.74, 6) is 0.841. The Morgan fingerprint density at radius 1 is 1.12 bits per heavy atom. The largest absolute Gasteiger partial charge is 0.489 e. The maximum atomic E-state index is 5.69. The predicted octanol–water partition coefficient (Wildman–Crippen LogP) is 2.88. The number of hydrogen-bond donors (Lipinski definition) is 1. The van der Waals surface area contributed by atoms with Crippen LogP contribution in [0.25, 0.3) is 0 Å². The van der Waals surface area contributed by atoms with Gasteiger partial charge in [-0.25, -0.2) is 0 Å². The minimum absolute atomic E-state index is 0.479. The fraction of sp³-hybridized carbons (Fsp3) is 0.154. The summed E-state index contributed by atoms with van der Waals surface area (Å²) >= 11 is 3.38. The van der Waals surface area contributed by atoms with E-state index in [9.17, 15) is 0 Å². The molecule has 0 saturated heterocycles. The molecule has 2 N–H and O–H groups in total. The topological polar surface area (TPSA) is 48.1 Å². The first-order valence-electron chi connectivity index (χ1n) is 5.30. The molecule has 1 aromatic heterocycles. The number of benzene rings is 1. The lowest BCUT2D eigenvalue weighted by Gasteiger charge is -2.09. The molecule has 1 aromatic carbocycles. The SMILES string of the molecule is NCc1cnccc1COc1ccc(Br)cc1. The van der Waals surface area contributed by atoms with Crippen molar-refractivity contribution >= 4 is 15.9 Å². The number of pyridine rings is 1. The van der Waals surface area contributed by atoms with Crippen molar-refractivity contribution in [3.8, 4) is 5.75 Å². The molecule has 0 aliphatic carbocycles. The molecule has 0 unspecified atom stereocenters. The van der Waals surface area contributed by atoms with Gasteiger partial charge in [-0.1, -0.05) is 15.9 Å². The summed E-state index contributed by atoms with van der Waals surface area (Å²) in [5, 5.41) is 0. The van der Waals surface area contributed by atoms with E-state index in [4.69, 9.17) is 10.5 Å². The molecule has 0 aliphatic rings.